The van der Waals surface area contributed by atoms with Crippen molar-refractivity contribution < 1.29 is 14.3 Å². The van der Waals surface area contributed by atoms with Gasteiger partial charge in [-0.2, -0.15) is 0 Å². The van der Waals surface area contributed by atoms with Gasteiger partial charge in [0.25, 0.3) is 0 Å². The second kappa shape index (κ2) is 6.51. The minimum absolute atomic E-state index is 0.0374. The van der Waals surface area contributed by atoms with E-state index < -0.39 is 11.8 Å². The average Bonchev–Trinajstić information content (AvgIpc) is 2.92. The highest BCUT2D eigenvalue weighted by molar-refractivity contribution is 9.10. The van der Waals surface area contributed by atoms with Crippen LogP contribution in [0.4, 0.5) is 10.1 Å². The summed E-state index contributed by atoms with van der Waals surface area (Å²) in [5.74, 6) is -1.75. The van der Waals surface area contributed by atoms with Crippen LogP contribution in [0, 0.1) is 5.82 Å². The quantitative estimate of drug-likeness (QED) is 0.792. The number of aromatic carboxylic acids is 1. The lowest BCUT2D eigenvalue weighted by molar-refractivity contribution is 0.0695. The molecule has 20 heavy (non-hydrogen) atoms. The summed E-state index contributed by atoms with van der Waals surface area (Å²) in [7, 11) is 0. The van der Waals surface area contributed by atoms with Crippen molar-refractivity contribution in [1.82, 2.24) is 9.55 Å². The molecule has 2 aromatic rings. The SMILES string of the molecule is O=C(O)c1ccc(NCCCn2ccnc2)c(F)c1Br. The average molecular weight is 342 g/mol. The van der Waals surface area contributed by atoms with Crippen molar-refractivity contribution in [3.05, 3.63) is 46.7 Å². The summed E-state index contributed by atoms with van der Waals surface area (Å²) in [6.07, 6.45) is 6.08. The highest BCUT2D eigenvalue weighted by atomic mass is 79.9. The number of nitrogens with zero attached hydrogens (tertiary/aromatic N) is 2. The van der Waals surface area contributed by atoms with E-state index in [-0.39, 0.29) is 15.7 Å². The van der Waals surface area contributed by atoms with Crippen LogP contribution in [0.2, 0.25) is 0 Å². The number of carboxylic acid groups (broad SMARTS) is 1. The number of halogens is 2. The molecular formula is C13H13BrFN3O2. The van der Waals surface area contributed by atoms with E-state index in [1.807, 2.05) is 10.8 Å². The van der Waals surface area contributed by atoms with E-state index in [1.165, 1.54) is 12.1 Å². The first kappa shape index (κ1) is 14.5. The maximum Gasteiger partial charge on any atom is 0.336 e. The molecule has 0 spiro atoms. The van der Waals surface area contributed by atoms with Crippen molar-refractivity contribution in [2.45, 2.75) is 13.0 Å². The number of nitrogens with one attached hydrogen (secondary N) is 1. The fourth-order valence-corrected chi connectivity index (χ4v) is 2.27. The molecule has 0 radical (unpaired) electrons. The Balaban J connectivity index is 1.93. The highest BCUT2D eigenvalue weighted by Gasteiger charge is 2.15. The second-order valence-corrected chi connectivity index (χ2v) is 4.97. The summed E-state index contributed by atoms with van der Waals surface area (Å²) < 4.78 is 15.8. The number of anilines is 1. The smallest absolute Gasteiger partial charge is 0.336 e. The van der Waals surface area contributed by atoms with Gasteiger partial charge in [-0.3, -0.25) is 0 Å². The van der Waals surface area contributed by atoms with Crippen molar-refractivity contribution in [2.24, 2.45) is 0 Å². The van der Waals surface area contributed by atoms with Gasteiger partial charge in [-0.25, -0.2) is 14.2 Å². The second-order valence-electron chi connectivity index (χ2n) is 4.17. The van der Waals surface area contributed by atoms with Gasteiger partial charge in [0.15, 0.2) is 5.82 Å². The van der Waals surface area contributed by atoms with Gasteiger partial charge >= 0.3 is 5.97 Å². The fraction of sp³-hybridized carbons (Fsp3) is 0.231. The summed E-state index contributed by atoms with van der Waals surface area (Å²) in [5, 5.41) is 11.8. The van der Waals surface area contributed by atoms with E-state index in [1.54, 1.807) is 12.5 Å². The van der Waals surface area contributed by atoms with Gasteiger partial charge in [0.05, 0.1) is 22.1 Å². The van der Waals surface area contributed by atoms with Gasteiger partial charge in [-0.05, 0) is 34.5 Å². The van der Waals surface area contributed by atoms with E-state index in [0.717, 1.165) is 13.0 Å². The first-order valence-electron chi connectivity index (χ1n) is 6.00. The molecule has 2 N–H and O–H groups in total. The van der Waals surface area contributed by atoms with E-state index in [0.29, 0.717) is 6.54 Å². The van der Waals surface area contributed by atoms with Crippen LogP contribution in [-0.2, 0) is 6.54 Å². The van der Waals surface area contributed by atoms with Crippen LogP contribution in [0.25, 0.3) is 0 Å². The molecule has 0 saturated heterocycles. The van der Waals surface area contributed by atoms with Crippen molar-refractivity contribution in [1.29, 1.82) is 0 Å². The summed E-state index contributed by atoms with van der Waals surface area (Å²) in [4.78, 5) is 14.8. The number of carbonyl (C=O) groups is 1. The van der Waals surface area contributed by atoms with Gasteiger partial charge in [0.2, 0.25) is 0 Å². The van der Waals surface area contributed by atoms with Crippen LogP contribution in [0.1, 0.15) is 16.8 Å². The number of imidazole rings is 1. The Morgan fingerprint density at radius 3 is 2.95 bits per heavy atom. The first-order valence-corrected chi connectivity index (χ1v) is 6.80. The van der Waals surface area contributed by atoms with Gasteiger partial charge < -0.3 is 15.0 Å². The number of hydrogen-bond donors (Lipinski definition) is 2. The molecule has 0 aliphatic heterocycles. The van der Waals surface area contributed by atoms with Gasteiger partial charge in [-0.15, -0.1) is 0 Å². The maximum atomic E-state index is 13.9. The Labute approximate surface area is 123 Å². The third-order valence-electron chi connectivity index (χ3n) is 2.78. The van der Waals surface area contributed by atoms with Crippen LogP contribution in [0.3, 0.4) is 0 Å². The lowest BCUT2D eigenvalue weighted by atomic mass is 10.2. The molecule has 1 aromatic carbocycles. The van der Waals surface area contributed by atoms with Gasteiger partial charge in [-0.1, -0.05) is 0 Å². The summed E-state index contributed by atoms with van der Waals surface area (Å²) >= 11 is 2.96. The Morgan fingerprint density at radius 1 is 1.50 bits per heavy atom. The van der Waals surface area contributed by atoms with E-state index in [9.17, 15) is 9.18 Å². The lowest BCUT2D eigenvalue weighted by Crippen LogP contribution is -2.08. The largest absolute Gasteiger partial charge is 0.478 e. The molecule has 0 aliphatic carbocycles. The van der Waals surface area contributed by atoms with Crippen molar-refractivity contribution in [3.8, 4) is 0 Å². The molecular weight excluding hydrogens is 329 g/mol. The molecule has 2 rings (SSSR count). The zero-order valence-electron chi connectivity index (χ0n) is 10.5. The molecule has 106 valence electrons. The number of hydrogen-bond acceptors (Lipinski definition) is 3. The minimum Gasteiger partial charge on any atom is -0.478 e. The Hall–Kier alpha value is -1.89. The van der Waals surface area contributed by atoms with Crippen LogP contribution in [-0.4, -0.2) is 27.2 Å². The van der Waals surface area contributed by atoms with Crippen molar-refractivity contribution in [3.63, 3.8) is 0 Å². The molecule has 1 aromatic heterocycles. The normalized spacial score (nSPS) is 10.5. The Morgan fingerprint density at radius 2 is 2.30 bits per heavy atom. The minimum atomic E-state index is -1.16. The van der Waals surface area contributed by atoms with Gasteiger partial charge in [0, 0.05) is 25.5 Å². The molecule has 0 amide bonds. The van der Waals surface area contributed by atoms with Crippen molar-refractivity contribution in [2.75, 3.05) is 11.9 Å². The molecule has 7 heteroatoms. The van der Waals surface area contributed by atoms with E-state index in [4.69, 9.17) is 5.11 Å². The molecule has 0 atom stereocenters. The maximum absolute atomic E-state index is 13.9. The number of aryl methyl sites for hydroxylation is 1. The third kappa shape index (κ3) is 3.36. The number of carboxylic acids is 1. The van der Waals surface area contributed by atoms with E-state index in [2.05, 4.69) is 26.2 Å². The van der Waals surface area contributed by atoms with Crippen LogP contribution < -0.4 is 5.32 Å². The number of rotatable bonds is 6. The predicted octanol–water partition coefficient (Wildman–Crippen LogP) is 2.99. The first-order chi connectivity index (χ1) is 9.59. The molecule has 1 heterocycles. The molecule has 5 nitrogen and oxygen atoms in total. The molecule has 0 aliphatic rings. The van der Waals surface area contributed by atoms with Crippen LogP contribution in [0.15, 0.2) is 35.3 Å². The van der Waals surface area contributed by atoms with Crippen LogP contribution >= 0.6 is 15.9 Å². The summed E-state index contributed by atoms with van der Waals surface area (Å²) in [6, 6.07) is 2.80. The van der Waals surface area contributed by atoms with Crippen LogP contribution in [0.5, 0.6) is 0 Å². The third-order valence-corrected chi connectivity index (χ3v) is 3.56. The monoisotopic (exact) mass is 341 g/mol. The molecule has 0 unspecified atom stereocenters. The summed E-state index contributed by atoms with van der Waals surface area (Å²) in [6.45, 7) is 1.36. The number of benzene rings is 1. The molecule has 0 fully saturated rings. The molecule has 0 saturated carbocycles. The highest BCUT2D eigenvalue weighted by Crippen LogP contribution is 2.27. The van der Waals surface area contributed by atoms with Gasteiger partial charge in [0.1, 0.15) is 0 Å². The topological polar surface area (TPSA) is 67.2 Å². The number of aromatic nitrogens is 2. The molecule has 0 bridgehead atoms. The lowest BCUT2D eigenvalue weighted by Gasteiger charge is -2.10. The zero-order chi connectivity index (χ0) is 14.5. The van der Waals surface area contributed by atoms with Crippen molar-refractivity contribution >= 4 is 27.6 Å². The standard InChI is InChI=1S/C13H13BrFN3O2/c14-11-9(13(19)20)2-3-10(12(11)15)17-4-1-6-18-7-5-16-8-18/h2-3,5,7-8,17H,1,4,6H2,(H,19,20). The fourth-order valence-electron chi connectivity index (χ4n) is 1.75. The summed E-state index contributed by atoms with van der Waals surface area (Å²) in [5.41, 5.74) is 0.193. The zero-order valence-corrected chi connectivity index (χ0v) is 12.1. The Bertz CT molecular complexity index is 602. The predicted molar refractivity (Wildman–Crippen MR) is 76.4 cm³/mol. The Kier molecular flexibility index (Phi) is 4.73. The van der Waals surface area contributed by atoms with E-state index >= 15 is 0 Å².